The van der Waals surface area contributed by atoms with Crippen LogP contribution in [-0.2, 0) is 16.6 Å². The van der Waals surface area contributed by atoms with E-state index < -0.39 is 15.9 Å². The number of hydrogen-bond donors (Lipinski definition) is 3. The number of carbonyl (C=O) groups excluding carboxylic acids is 1. The largest absolute Gasteiger partial charge is 0.392 e. The minimum atomic E-state index is -3.76. The summed E-state index contributed by atoms with van der Waals surface area (Å²) < 4.78 is 27.3. The molecule has 6 nitrogen and oxygen atoms in total. The number of rotatable bonds is 6. The molecule has 1 aliphatic carbocycles. The van der Waals surface area contributed by atoms with Crippen LogP contribution in [0.15, 0.2) is 47.4 Å². The lowest BCUT2D eigenvalue weighted by molar-refractivity contribution is 0.102. The molecular weight excluding hydrogens is 364 g/mol. The molecule has 0 aliphatic heterocycles. The van der Waals surface area contributed by atoms with E-state index >= 15 is 0 Å². The standard InChI is InChI=1S/C17H17ClN2O4S/c18-15-7-4-12(9-16(15)25(23,24)20-13-5-6-13)17(22)19-14-3-1-2-11(8-14)10-21/h1-4,7-9,13,20-21H,5-6,10H2,(H,19,22). The molecule has 0 unspecified atom stereocenters. The van der Waals surface area contributed by atoms with Gasteiger partial charge in [-0.05, 0) is 48.7 Å². The summed E-state index contributed by atoms with van der Waals surface area (Å²) in [7, 11) is -3.76. The highest BCUT2D eigenvalue weighted by atomic mass is 35.5. The Morgan fingerprint density at radius 1 is 1.20 bits per heavy atom. The summed E-state index contributed by atoms with van der Waals surface area (Å²) >= 11 is 6.01. The molecule has 1 saturated carbocycles. The van der Waals surface area contributed by atoms with Gasteiger partial charge in [-0.3, -0.25) is 4.79 Å². The number of amides is 1. The van der Waals surface area contributed by atoms with Crippen molar-refractivity contribution >= 4 is 33.2 Å². The van der Waals surface area contributed by atoms with Crippen LogP contribution in [0.3, 0.4) is 0 Å². The zero-order valence-electron chi connectivity index (χ0n) is 13.2. The van der Waals surface area contributed by atoms with Gasteiger partial charge in [-0.2, -0.15) is 0 Å². The number of anilines is 1. The first-order valence-electron chi connectivity index (χ1n) is 7.72. The minimum Gasteiger partial charge on any atom is -0.392 e. The maximum atomic E-state index is 12.4. The van der Waals surface area contributed by atoms with Crippen molar-refractivity contribution in [3.63, 3.8) is 0 Å². The van der Waals surface area contributed by atoms with Gasteiger partial charge in [0.1, 0.15) is 4.90 Å². The Labute approximate surface area is 150 Å². The normalized spacial score (nSPS) is 14.3. The smallest absolute Gasteiger partial charge is 0.255 e. The number of halogens is 1. The second-order valence-corrected chi connectivity index (χ2v) is 7.94. The van der Waals surface area contributed by atoms with Crippen molar-refractivity contribution in [2.45, 2.75) is 30.4 Å². The third-order valence-corrected chi connectivity index (χ3v) is 5.75. The molecule has 0 atom stereocenters. The SMILES string of the molecule is O=C(Nc1cccc(CO)c1)c1ccc(Cl)c(S(=O)(=O)NC2CC2)c1. The van der Waals surface area contributed by atoms with E-state index in [9.17, 15) is 13.2 Å². The fourth-order valence-electron chi connectivity index (χ4n) is 2.29. The summed E-state index contributed by atoms with van der Waals surface area (Å²) in [5.74, 6) is -0.463. The molecule has 1 fully saturated rings. The van der Waals surface area contributed by atoms with Crippen molar-refractivity contribution in [2.24, 2.45) is 0 Å². The number of aliphatic hydroxyl groups excluding tert-OH is 1. The Morgan fingerprint density at radius 3 is 2.64 bits per heavy atom. The minimum absolute atomic E-state index is 0.0558. The Balaban J connectivity index is 1.84. The summed E-state index contributed by atoms with van der Waals surface area (Å²) in [5, 5.41) is 11.9. The Hall–Kier alpha value is -1.93. The van der Waals surface area contributed by atoms with Gasteiger partial charge in [0.25, 0.3) is 5.91 Å². The van der Waals surface area contributed by atoms with Crippen molar-refractivity contribution in [3.8, 4) is 0 Å². The van der Waals surface area contributed by atoms with E-state index in [0.29, 0.717) is 11.3 Å². The quantitative estimate of drug-likeness (QED) is 0.717. The lowest BCUT2D eigenvalue weighted by atomic mass is 10.2. The molecule has 0 saturated heterocycles. The molecule has 25 heavy (non-hydrogen) atoms. The summed E-state index contributed by atoms with van der Waals surface area (Å²) in [6, 6.07) is 10.8. The maximum absolute atomic E-state index is 12.4. The molecule has 0 spiro atoms. The van der Waals surface area contributed by atoms with Gasteiger partial charge in [0.15, 0.2) is 0 Å². The number of nitrogens with one attached hydrogen (secondary N) is 2. The van der Waals surface area contributed by atoms with Gasteiger partial charge in [-0.25, -0.2) is 13.1 Å². The number of sulfonamides is 1. The van der Waals surface area contributed by atoms with Crippen LogP contribution in [0.5, 0.6) is 0 Å². The first kappa shape index (κ1) is 17.9. The molecule has 3 N–H and O–H groups in total. The number of aliphatic hydroxyl groups is 1. The molecule has 1 amide bonds. The van der Waals surface area contributed by atoms with Crippen molar-refractivity contribution in [1.82, 2.24) is 4.72 Å². The van der Waals surface area contributed by atoms with Crippen molar-refractivity contribution in [1.29, 1.82) is 0 Å². The third kappa shape index (κ3) is 4.38. The Kier molecular flexibility index (Phi) is 5.10. The zero-order chi connectivity index (χ0) is 18.0. The van der Waals surface area contributed by atoms with Crippen LogP contribution < -0.4 is 10.0 Å². The van der Waals surface area contributed by atoms with Gasteiger partial charge in [0, 0.05) is 17.3 Å². The Morgan fingerprint density at radius 2 is 1.96 bits per heavy atom. The number of carbonyl (C=O) groups is 1. The van der Waals surface area contributed by atoms with Crippen molar-refractivity contribution < 1.29 is 18.3 Å². The van der Waals surface area contributed by atoms with Gasteiger partial charge < -0.3 is 10.4 Å². The summed E-state index contributed by atoms with van der Waals surface area (Å²) in [6.07, 6.45) is 1.61. The summed E-state index contributed by atoms with van der Waals surface area (Å²) in [4.78, 5) is 12.3. The van der Waals surface area contributed by atoms with Crippen molar-refractivity contribution in [3.05, 3.63) is 58.6 Å². The molecule has 8 heteroatoms. The predicted molar refractivity (Wildman–Crippen MR) is 95.1 cm³/mol. The molecule has 132 valence electrons. The monoisotopic (exact) mass is 380 g/mol. The predicted octanol–water partition coefficient (Wildman–Crippen LogP) is 2.53. The van der Waals surface area contributed by atoms with E-state index in [4.69, 9.17) is 16.7 Å². The molecular formula is C17H17ClN2O4S. The second-order valence-electron chi connectivity index (χ2n) is 5.85. The molecule has 0 heterocycles. The molecule has 0 aromatic heterocycles. The topological polar surface area (TPSA) is 95.5 Å². The van der Waals surface area contributed by atoms with Crippen LogP contribution in [0.2, 0.25) is 5.02 Å². The van der Waals surface area contributed by atoms with Gasteiger partial charge in [0.05, 0.1) is 11.6 Å². The molecule has 2 aromatic carbocycles. The highest BCUT2D eigenvalue weighted by molar-refractivity contribution is 7.89. The zero-order valence-corrected chi connectivity index (χ0v) is 14.8. The Bertz CT molecular complexity index is 911. The van der Waals surface area contributed by atoms with Crippen LogP contribution in [-0.4, -0.2) is 25.5 Å². The van der Waals surface area contributed by atoms with Crippen LogP contribution in [0.25, 0.3) is 0 Å². The fraction of sp³-hybridized carbons (Fsp3) is 0.235. The lowest BCUT2D eigenvalue weighted by Crippen LogP contribution is -2.26. The molecule has 1 aliphatic rings. The second kappa shape index (κ2) is 7.13. The van der Waals surface area contributed by atoms with E-state index in [-0.39, 0.29) is 28.1 Å². The molecule has 0 radical (unpaired) electrons. The van der Waals surface area contributed by atoms with E-state index in [0.717, 1.165) is 12.8 Å². The highest BCUT2D eigenvalue weighted by Gasteiger charge is 2.29. The van der Waals surface area contributed by atoms with Crippen LogP contribution in [0.4, 0.5) is 5.69 Å². The van der Waals surface area contributed by atoms with E-state index in [1.165, 1.54) is 18.2 Å². The maximum Gasteiger partial charge on any atom is 0.255 e. The van der Waals surface area contributed by atoms with E-state index in [1.54, 1.807) is 24.3 Å². The highest BCUT2D eigenvalue weighted by Crippen LogP contribution is 2.27. The van der Waals surface area contributed by atoms with Gasteiger partial charge in [-0.1, -0.05) is 23.7 Å². The molecule has 3 rings (SSSR count). The summed E-state index contributed by atoms with van der Waals surface area (Å²) in [5.41, 5.74) is 1.34. The van der Waals surface area contributed by atoms with Crippen molar-refractivity contribution in [2.75, 3.05) is 5.32 Å². The lowest BCUT2D eigenvalue weighted by Gasteiger charge is -2.10. The van der Waals surface area contributed by atoms with Gasteiger partial charge >= 0.3 is 0 Å². The number of benzene rings is 2. The fourth-order valence-corrected chi connectivity index (χ4v) is 4.12. The van der Waals surface area contributed by atoms with Crippen LogP contribution >= 0.6 is 11.6 Å². The van der Waals surface area contributed by atoms with Gasteiger partial charge in [-0.15, -0.1) is 0 Å². The average molecular weight is 381 g/mol. The first-order chi connectivity index (χ1) is 11.9. The molecule has 2 aromatic rings. The third-order valence-electron chi connectivity index (χ3n) is 3.75. The van der Waals surface area contributed by atoms with Gasteiger partial charge in [0.2, 0.25) is 10.0 Å². The molecule has 0 bridgehead atoms. The van der Waals surface area contributed by atoms with Crippen LogP contribution in [0.1, 0.15) is 28.8 Å². The number of hydrogen-bond acceptors (Lipinski definition) is 4. The van der Waals surface area contributed by atoms with E-state index in [1.807, 2.05) is 0 Å². The summed E-state index contributed by atoms with van der Waals surface area (Å²) in [6.45, 7) is -0.139. The van der Waals surface area contributed by atoms with E-state index in [2.05, 4.69) is 10.0 Å². The average Bonchev–Trinajstić information content (AvgIpc) is 3.38. The van der Waals surface area contributed by atoms with Crippen LogP contribution in [0, 0.1) is 0 Å². The first-order valence-corrected chi connectivity index (χ1v) is 9.58.